The fourth-order valence-electron chi connectivity index (χ4n) is 2.49. The number of hydrogen-bond donors (Lipinski definition) is 2. The van der Waals surface area contributed by atoms with Crippen LogP contribution in [0.15, 0.2) is 12.1 Å². The molecule has 1 unspecified atom stereocenters. The van der Waals surface area contributed by atoms with Crippen molar-refractivity contribution in [3.8, 4) is 11.5 Å². The summed E-state index contributed by atoms with van der Waals surface area (Å²) in [6.07, 6.45) is 1.99. The molecule has 0 aliphatic carbocycles. The van der Waals surface area contributed by atoms with Gasteiger partial charge in [0, 0.05) is 6.54 Å². The van der Waals surface area contributed by atoms with Gasteiger partial charge in [0.05, 0.1) is 6.04 Å². The van der Waals surface area contributed by atoms with Crippen LogP contribution in [0.4, 0.5) is 0 Å². The Morgan fingerprint density at radius 3 is 2.95 bits per heavy atom. The van der Waals surface area contributed by atoms with Crippen molar-refractivity contribution in [3.63, 3.8) is 0 Å². The van der Waals surface area contributed by atoms with Crippen LogP contribution in [0.25, 0.3) is 0 Å². The van der Waals surface area contributed by atoms with E-state index in [-0.39, 0.29) is 18.7 Å². The quantitative estimate of drug-likeness (QED) is 0.856. The fraction of sp³-hybridized carbons (Fsp3) is 0.500. The summed E-state index contributed by atoms with van der Waals surface area (Å²) in [4.78, 5) is 11.9. The normalized spacial score (nSPS) is 20.6. The maximum atomic E-state index is 11.9. The summed E-state index contributed by atoms with van der Waals surface area (Å²) < 4.78 is 10.7. The molecule has 2 heterocycles. The number of carbonyl (C=O) groups excluding carboxylic acids is 1. The van der Waals surface area contributed by atoms with E-state index in [1.807, 2.05) is 19.1 Å². The third-order valence-corrected chi connectivity index (χ3v) is 3.66. The lowest BCUT2D eigenvalue weighted by molar-refractivity contribution is -0.122. The molecule has 2 aliphatic rings. The Balaban J connectivity index is 1.65. The lowest BCUT2D eigenvalue weighted by Gasteiger charge is -2.13. The number of carbonyl (C=O) groups is 1. The molecule has 1 fully saturated rings. The predicted molar refractivity (Wildman–Crippen MR) is 70.2 cm³/mol. The molecule has 102 valence electrons. The Bertz CT molecular complexity index is 496. The first-order chi connectivity index (χ1) is 9.24. The van der Waals surface area contributed by atoms with Gasteiger partial charge in [-0.1, -0.05) is 0 Å². The number of amides is 1. The van der Waals surface area contributed by atoms with Crippen LogP contribution in [0.3, 0.4) is 0 Å². The lowest BCUT2D eigenvalue weighted by Crippen LogP contribution is -2.40. The maximum absolute atomic E-state index is 11.9. The van der Waals surface area contributed by atoms with Gasteiger partial charge in [-0.25, -0.2) is 0 Å². The molecule has 0 saturated carbocycles. The van der Waals surface area contributed by atoms with Crippen molar-refractivity contribution in [2.75, 3.05) is 13.3 Å². The van der Waals surface area contributed by atoms with Crippen LogP contribution in [0.2, 0.25) is 0 Å². The molecule has 1 saturated heterocycles. The molecule has 1 atom stereocenters. The first-order valence-electron chi connectivity index (χ1n) is 6.64. The summed E-state index contributed by atoms with van der Waals surface area (Å²) in [6, 6.07) is 3.87. The van der Waals surface area contributed by atoms with E-state index in [4.69, 9.17) is 9.47 Å². The van der Waals surface area contributed by atoms with Crippen LogP contribution in [-0.4, -0.2) is 25.3 Å². The van der Waals surface area contributed by atoms with Gasteiger partial charge >= 0.3 is 0 Å². The summed E-state index contributed by atoms with van der Waals surface area (Å²) in [5, 5.41) is 6.17. The molecule has 19 heavy (non-hydrogen) atoms. The first-order valence-corrected chi connectivity index (χ1v) is 6.64. The van der Waals surface area contributed by atoms with Gasteiger partial charge in [-0.15, -0.1) is 0 Å². The van der Waals surface area contributed by atoms with Crippen LogP contribution in [-0.2, 0) is 11.3 Å². The second-order valence-corrected chi connectivity index (χ2v) is 5.00. The van der Waals surface area contributed by atoms with Crippen LogP contribution in [0.5, 0.6) is 11.5 Å². The van der Waals surface area contributed by atoms with Crippen molar-refractivity contribution < 1.29 is 14.3 Å². The van der Waals surface area contributed by atoms with Crippen LogP contribution in [0, 0.1) is 6.92 Å². The van der Waals surface area contributed by atoms with Gasteiger partial charge in [-0.05, 0) is 49.6 Å². The number of rotatable bonds is 3. The molecule has 0 aromatic heterocycles. The zero-order valence-corrected chi connectivity index (χ0v) is 11.0. The van der Waals surface area contributed by atoms with Crippen molar-refractivity contribution >= 4 is 5.91 Å². The van der Waals surface area contributed by atoms with Crippen molar-refractivity contribution in [1.82, 2.24) is 10.6 Å². The van der Waals surface area contributed by atoms with Crippen LogP contribution < -0.4 is 20.1 Å². The highest BCUT2D eigenvalue weighted by atomic mass is 16.7. The number of hydrogen-bond acceptors (Lipinski definition) is 4. The Morgan fingerprint density at radius 1 is 1.42 bits per heavy atom. The Kier molecular flexibility index (Phi) is 3.29. The molecule has 0 spiro atoms. The largest absolute Gasteiger partial charge is 0.454 e. The molecule has 0 bridgehead atoms. The van der Waals surface area contributed by atoms with E-state index >= 15 is 0 Å². The van der Waals surface area contributed by atoms with Gasteiger partial charge < -0.3 is 20.1 Å². The number of fused-ring (bicyclic) bond motifs is 1. The van der Waals surface area contributed by atoms with Crippen molar-refractivity contribution in [2.24, 2.45) is 0 Å². The Hall–Kier alpha value is -1.75. The highest BCUT2D eigenvalue weighted by Crippen LogP contribution is 2.34. The Morgan fingerprint density at radius 2 is 2.21 bits per heavy atom. The predicted octanol–water partition coefficient (Wildman–Crippen LogP) is 1.09. The summed E-state index contributed by atoms with van der Waals surface area (Å²) >= 11 is 0. The van der Waals surface area contributed by atoms with Crippen LogP contribution in [0.1, 0.15) is 24.0 Å². The zero-order valence-electron chi connectivity index (χ0n) is 11.0. The Labute approximate surface area is 112 Å². The molecule has 2 aliphatic heterocycles. The summed E-state index contributed by atoms with van der Waals surface area (Å²) in [6.45, 7) is 3.74. The average Bonchev–Trinajstić information content (AvgIpc) is 3.06. The summed E-state index contributed by atoms with van der Waals surface area (Å²) in [7, 11) is 0. The van der Waals surface area contributed by atoms with Gasteiger partial charge in [-0.3, -0.25) is 4.79 Å². The summed E-state index contributed by atoms with van der Waals surface area (Å²) in [5.74, 6) is 1.62. The minimum absolute atomic E-state index is 0.0330. The number of ether oxygens (including phenoxy) is 2. The lowest BCUT2D eigenvalue weighted by atomic mass is 10.1. The molecule has 0 radical (unpaired) electrons. The minimum atomic E-state index is -0.0330. The van der Waals surface area contributed by atoms with Gasteiger partial charge in [0.15, 0.2) is 11.5 Å². The third-order valence-electron chi connectivity index (χ3n) is 3.66. The first kappa shape index (κ1) is 12.3. The molecule has 1 amide bonds. The van der Waals surface area contributed by atoms with Crippen molar-refractivity contribution in [2.45, 2.75) is 32.4 Å². The minimum Gasteiger partial charge on any atom is -0.454 e. The monoisotopic (exact) mass is 262 g/mol. The van der Waals surface area contributed by atoms with Crippen molar-refractivity contribution in [3.05, 3.63) is 23.3 Å². The van der Waals surface area contributed by atoms with Gasteiger partial charge in [0.1, 0.15) is 0 Å². The highest BCUT2D eigenvalue weighted by Gasteiger charge is 2.22. The molecular formula is C14H18N2O3. The van der Waals surface area contributed by atoms with Crippen molar-refractivity contribution in [1.29, 1.82) is 0 Å². The number of nitrogens with one attached hydrogen (secondary N) is 2. The molecule has 5 heteroatoms. The van der Waals surface area contributed by atoms with E-state index in [1.165, 1.54) is 0 Å². The second kappa shape index (κ2) is 5.09. The molecule has 1 aromatic carbocycles. The fourth-order valence-corrected chi connectivity index (χ4v) is 2.49. The summed E-state index contributed by atoms with van der Waals surface area (Å²) in [5.41, 5.74) is 2.17. The maximum Gasteiger partial charge on any atom is 0.237 e. The van der Waals surface area contributed by atoms with E-state index < -0.39 is 0 Å². The van der Waals surface area contributed by atoms with E-state index in [1.54, 1.807) is 0 Å². The van der Waals surface area contributed by atoms with E-state index in [0.29, 0.717) is 6.54 Å². The SMILES string of the molecule is Cc1cc2c(cc1CNC(=O)C1CCCN1)OCO2. The molecular weight excluding hydrogens is 244 g/mol. The topological polar surface area (TPSA) is 59.6 Å². The average molecular weight is 262 g/mol. The molecule has 5 nitrogen and oxygen atoms in total. The standard InChI is InChI=1S/C14H18N2O3/c1-9-5-12-13(19-8-18-12)6-10(9)7-16-14(17)11-3-2-4-15-11/h5-6,11,15H,2-4,7-8H2,1H3,(H,16,17). The smallest absolute Gasteiger partial charge is 0.237 e. The zero-order chi connectivity index (χ0) is 13.2. The molecule has 3 rings (SSSR count). The number of benzene rings is 1. The van der Waals surface area contributed by atoms with Gasteiger partial charge in [0.2, 0.25) is 12.7 Å². The number of aryl methyl sites for hydroxylation is 1. The third kappa shape index (κ3) is 2.51. The van der Waals surface area contributed by atoms with Crippen LogP contribution >= 0.6 is 0 Å². The van der Waals surface area contributed by atoms with Gasteiger partial charge in [-0.2, -0.15) is 0 Å². The van der Waals surface area contributed by atoms with E-state index in [0.717, 1.165) is 42.0 Å². The second-order valence-electron chi connectivity index (χ2n) is 5.00. The molecule has 2 N–H and O–H groups in total. The van der Waals surface area contributed by atoms with Gasteiger partial charge in [0.25, 0.3) is 0 Å². The van der Waals surface area contributed by atoms with E-state index in [2.05, 4.69) is 10.6 Å². The van der Waals surface area contributed by atoms with E-state index in [9.17, 15) is 4.79 Å². The highest BCUT2D eigenvalue weighted by molar-refractivity contribution is 5.82. The molecule has 1 aromatic rings.